The van der Waals surface area contributed by atoms with Crippen molar-refractivity contribution in [1.29, 1.82) is 0 Å². The number of halogens is 3. The van der Waals surface area contributed by atoms with Crippen molar-refractivity contribution in [2.24, 2.45) is 0 Å². The van der Waals surface area contributed by atoms with Gasteiger partial charge in [0, 0.05) is 18.3 Å². The minimum absolute atomic E-state index is 0.453. The second-order valence-electron chi connectivity index (χ2n) is 5.35. The molecule has 8 nitrogen and oxygen atoms in total. The van der Waals surface area contributed by atoms with Crippen molar-refractivity contribution in [3.63, 3.8) is 0 Å². The van der Waals surface area contributed by atoms with Gasteiger partial charge in [0.05, 0.1) is 12.0 Å². The van der Waals surface area contributed by atoms with Crippen LogP contribution in [0.3, 0.4) is 0 Å². The second kappa shape index (κ2) is 9.67. The first kappa shape index (κ1) is 22.1. The van der Waals surface area contributed by atoms with Crippen molar-refractivity contribution in [3.05, 3.63) is 50.5 Å². The lowest BCUT2D eigenvalue weighted by Crippen LogP contribution is -2.30. The Bertz CT molecular complexity index is 796. The van der Waals surface area contributed by atoms with E-state index in [0.717, 1.165) is 33.1 Å². The fraction of sp³-hybridized carbons (Fsp3) is 0.375. The first-order valence-corrected chi connectivity index (χ1v) is 7.81. The van der Waals surface area contributed by atoms with Crippen LogP contribution in [0.1, 0.15) is 35.7 Å². The van der Waals surface area contributed by atoms with Gasteiger partial charge < -0.3 is 10.2 Å². The number of carbonyl (C=O) groups excluding carboxylic acids is 2. The standard InChI is InChI=1S/C16H18F3N3O5/c1-4-5-6-20-21-7-9(16(24)27-3)15(23)10-11(17)8(2)12(18)13(19)14(10)22(25)26/h7,20-21H,4-6H2,1-3H3. The van der Waals surface area contributed by atoms with E-state index >= 15 is 0 Å². The summed E-state index contributed by atoms with van der Waals surface area (Å²) in [6, 6.07) is 0. The number of rotatable bonds is 9. The molecule has 148 valence electrons. The fourth-order valence-electron chi connectivity index (χ4n) is 2.07. The normalized spacial score (nSPS) is 11.3. The molecule has 27 heavy (non-hydrogen) atoms. The SMILES string of the molecule is CCCCNNC=C(C(=O)OC)C(=O)c1c(F)c(C)c(F)c(F)c1[N+](=O)[O-]. The Hall–Kier alpha value is -2.95. The molecular formula is C16H18F3N3O5. The minimum Gasteiger partial charge on any atom is -0.465 e. The van der Waals surface area contributed by atoms with E-state index < -0.39 is 56.5 Å². The molecule has 0 saturated carbocycles. The molecule has 1 aromatic carbocycles. The number of ether oxygens (including phenoxy) is 1. The van der Waals surface area contributed by atoms with Crippen molar-refractivity contribution < 1.29 is 32.4 Å². The predicted octanol–water partition coefficient (Wildman–Crippen LogP) is 2.45. The van der Waals surface area contributed by atoms with Gasteiger partial charge in [0.25, 0.3) is 0 Å². The first-order chi connectivity index (χ1) is 12.7. The zero-order chi connectivity index (χ0) is 20.7. The summed E-state index contributed by atoms with van der Waals surface area (Å²) in [6.45, 7) is 3.18. The lowest BCUT2D eigenvalue weighted by molar-refractivity contribution is -0.388. The topological polar surface area (TPSA) is 111 Å². The summed E-state index contributed by atoms with van der Waals surface area (Å²) in [6.07, 6.45) is 2.42. The lowest BCUT2D eigenvalue weighted by Gasteiger charge is -2.11. The molecular weight excluding hydrogens is 371 g/mol. The van der Waals surface area contributed by atoms with E-state index in [1.165, 1.54) is 0 Å². The molecule has 0 aromatic heterocycles. The van der Waals surface area contributed by atoms with Gasteiger partial charge in [0.2, 0.25) is 11.6 Å². The number of benzene rings is 1. The van der Waals surface area contributed by atoms with Gasteiger partial charge in [-0.25, -0.2) is 19.0 Å². The molecule has 1 rings (SSSR count). The van der Waals surface area contributed by atoms with Crippen LogP contribution in [0.5, 0.6) is 0 Å². The van der Waals surface area contributed by atoms with Crippen molar-refractivity contribution in [2.45, 2.75) is 26.7 Å². The quantitative estimate of drug-likeness (QED) is 0.0768. The Labute approximate surface area is 152 Å². The highest BCUT2D eigenvalue weighted by Crippen LogP contribution is 2.32. The van der Waals surface area contributed by atoms with Crippen LogP contribution in [0, 0.1) is 34.5 Å². The number of nitrogens with one attached hydrogen (secondary N) is 2. The summed E-state index contributed by atoms with van der Waals surface area (Å²) in [7, 11) is 0.926. The van der Waals surface area contributed by atoms with E-state index in [1.807, 2.05) is 6.92 Å². The van der Waals surface area contributed by atoms with Gasteiger partial charge in [-0.05, 0) is 13.3 Å². The smallest absolute Gasteiger partial charge is 0.343 e. The average Bonchev–Trinajstić information content (AvgIpc) is 2.64. The number of esters is 1. The van der Waals surface area contributed by atoms with Crippen LogP contribution in [0.2, 0.25) is 0 Å². The number of carbonyl (C=O) groups is 2. The molecule has 0 saturated heterocycles. The molecule has 2 N–H and O–H groups in total. The number of hydrogen-bond acceptors (Lipinski definition) is 7. The van der Waals surface area contributed by atoms with Crippen LogP contribution in [0.25, 0.3) is 0 Å². The third-order valence-corrected chi connectivity index (χ3v) is 3.55. The summed E-state index contributed by atoms with van der Waals surface area (Å²) >= 11 is 0. The van der Waals surface area contributed by atoms with Gasteiger partial charge in [0.1, 0.15) is 17.0 Å². The van der Waals surface area contributed by atoms with Gasteiger partial charge in [-0.3, -0.25) is 14.9 Å². The molecule has 1 aromatic rings. The number of nitro groups is 1. The Morgan fingerprint density at radius 2 is 1.85 bits per heavy atom. The van der Waals surface area contributed by atoms with Gasteiger partial charge in [-0.2, -0.15) is 4.39 Å². The largest absolute Gasteiger partial charge is 0.465 e. The van der Waals surface area contributed by atoms with Crippen molar-refractivity contribution in [2.75, 3.05) is 13.7 Å². The van der Waals surface area contributed by atoms with E-state index in [2.05, 4.69) is 15.6 Å². The van der Waals surface area contributed by atoms with E-state index in [1.54, 1.807) is 0 Å². The van der Waals surface area contributed by atoms with E-state index in [4.69, 9.17) is 0 Å². The summed E-state index contributed by atoms with van der Waals surface area (Å²) in [5.74, 6) is -8.21. The molecule has 0 bridgehead atoms. The van der Waals surface area contributed by atoms with Crippen LogP contribution in [0.15, 0.2) is 11.8 Å². The number of unbranched alkanes of at least 4 members (excludes halogenated alkanes) is 1. The third kappa shape index (κ3) is 4.82. The van der Waals surface area contributed by atoms with Crippen LogP contribution >= 0.6 is 0 Å². The summed E-state index contributed by atoms with van der Waals surface area (Å²) in [4.78, 5) is 34.0. The number of ketones is 1. The zero-order valence-corrected chi connectivity index (χ0v) is 14.8. The summed E-state index contributed by atoms with van der Waals surface area (Å²) in [5, 5.41) is 11.1. The Morgan fingerprint density at radius 1 is 1.22 bits per heavy atom. The van der Waals surface area contributed by atoms with Crippen molar-refractivity contribution in [3.8, 4) is 0 Å². The highest BCUT2D eigenvalue weighted by molar-refractivity contribution is 6.25. The van der Waals surface area contributed by atoms with E-state index in [0.29, 0.717) is 6.54 Å². The van der Waals surface area contributed by atoms with Crippen molar-refractivity contribution in [1.82, 2.24) is 10.9 Å². The highest BCUT2D eigenvalue weighted by Gasteiger charge is 2.37. The maximum atomic E-state index is 14.4. The van der Waals surface area contributed by atoms with Crippen molar-refractivity contribution >= 4 is 17.4 Å². The maximum absolute atomic E-state index is 14.4. The fourth-order valence-corrected chi connectivity index (χ4v) is 2.07. The molecule has 0 radical (unpaired) electrons. The predicted molar refractivity (Wildman–Crippen MR) is 88.2 cm³/mol. The molecule has 0 aliphatic rings. The highest BCUT2D eigenvalue weighted by atomic mass is 19.2. The van der Waals surface area contributed by atoms with E-state index in [9.17, 15) is 32.9 Å². The Morgan fingerprint density at radius 3 is 2.37 bits per heavy atom. The molecule has 0 amide bonds. The van der Waals surface area contributed by atoms with Crippen LogP contribution < -0.4 is 10.9 Å². The Kier molecular flexibility index (Phi) is 7.91. The monoisotopic (exact) mass is 389 g/mol. The van der Waals surface area contributed by atoms with Crippen LogP contribution in [0.4, 0.5) is 18.9 Å². The lowest BCUT2D eigenvalue weighted by atomic mass is 9.98. The molecule has 0 heterocycles. The zero-order valence-electron chi connectivity index (χ0n) is 14.8. The molecule has 0 spiro atoms. The summed E-state index contributed by atoms with van der Waals surface area (Å²) < 4.78 is 46.4. The van der Waals surface area contributed by atoms with Gasteiger partial charge in [-0.1, -0.05) is 13.3 Å². The summed E-state index contributed by atoms with van der Waals surface area (Å²) in [5.41, 5.74) is 0.198. The third-order valence-electron chi connectivity index (χ3n) is 3.55. The van der Waals surface area contributed by atoms with Crippen LogP contribution in [-0.2, 0) is 9.53 Å². The van der Waals surface area contributed by atoms with Gasteiger partial charge in [-0.15, -0.1) is 0 Å². The van der Waals surface area contributed by atoms with Gasteiger partial charge >= 0.3 is 11.7 Å². The number of nitro benzene ring substituents is 1. The molecule has 0 unspecified atom stereocenters. The molecule has 0 atom stereocenters. The molecule has 0 aliphatic carbocycles. The number of Topliss-reactive ketones (excluding diaryl/α,β-unsaturated/α-hetero) is 1. The molecule has 11 heteroatoms. The average molecular weight is 389 g/mol. The number of methoxy groups -OCH3 is 1. The van der Waals surface area contributed by atoms with Crippen LogP contribution in [-0.4, -0.2) is 30.3 Å². The first-order valence-electron chi connectivity index (χ1n) is 7.81. The van der Waals surface area contributed by atoms with E-state index in [-0.39, 0.29) is 0 Å². The number of nitrogens with zero attached hydrogens (tertiary/aromatic N) is 1. The number of hydrazine groups is 1. The maximum Gasteiger partial charge on any atom is 0.343 e. The second-order valence-corrected chi connectivity index (χ2v) is 5.35. The van der Waals surface area contributed by atoms with Gasteiger partial charge in [0.15, 0.2) is 5.82 Å². The minimum atomic E-state index is -2.00. The Balaban J connectivity index is 3.47. The molecule has 0 fully saturated rings. The molecule has 0 aliphatic heterocycles. The number of hydrogen-bond donors (Lipinski definition) is 2.